The Bertz CT molecular complexity index is 299. The molecule has 72 valence electrons. The molecule has 0 bridgehead atoms. The molecule has 1 aromatic carbocycles. The van der Waals surface area contributed by atoms with Gasteiger partial charge in [0.15, 0.2) is 0 Å². The second-order valence-electron chi connectivity index (χ2n) is 2.82. The fourth-order valence-electron chi connectivity index (χ4n) is 0.973. The zero-order valence-corrected chi connectivity index (χ0v) is 6.97. The van der Waals surface area contributed by atoms with E-state index in [1.807, 2.05) is 0 Å². The summed E-state index contributed by atoms with van der Waals surface area (Å²) in [4.78, 5) is 10.4. The van der Waals surface area contributed by atoms with Crippen molar-refractivity contribution in [2.45, 2.75) is 12.5 Å². The Morgan fingerprint density at radius 2 is 1.86 bits per heavy atom. The molecule has 4 nitrogen and oxygen atoms in total. The van der Waals surface area contributed by atoms with Gasteiger partial charge in [-0.1, -0.05) is 12.1 Å². The SMILES string of the molecule is NC(Cc1ccc(O)cc1)C(=O)O.[KH]. The first-order valence-corrected chi connectivity index (χ1v) is 3.86. The molecule has 0 heterocycles. The minimum absolute atomic E-state index is 0. The van der Waals surface area contributed by atoms with Crippen LogP contribution in [0.5, 0.6) is 5.75 Å². The van der Waals surface area contributed by atoms with E-state index in [1.165, 1.54) is 12.1 Å². The molecule has 4 N–H and O–H groups in total. The molecule has 0 spiro atoms. The number of nitrogens with two attached hydrogens (primary N) is 1. The van der Waals surface area contributed by atoms with Gasteiger partial charge in [-0.05, 0) is 24.1 Å². The van der Waals surface area contributed by atoms with Gasteiger partial charge in [-0.25, -0.2) is 0 Å². The van der Waals surface area contributed by atoms with Crippen LogP contribution in [0.25, 0.3) is 0 Å². The second kappa shape index (κ2) is 6.55. The molecular weight excluding hydrogens is 209 g/mol. The number of aliphatic carboxylic acids is 1. The van der Waals surface area contributed by atoms with Crippen molar-refractivity contribution in [3.05, 3.63) is 29.8 Å². The fourth-order valence-corrected chi connectivity index (χ4v) is 0.973. The Balaban J connectivity index is 0.00000169. The van der Waals surface area contributed by atoms with E-state index in [9.17, 15) is 4.79 Å². The summed E-state index contributed by atoms with van der Waals surface area (Å²) in [5, 5.41) is 17.5. The summed E-state index contributed by atoms with van der Waals surface area (Å²) in [5.74, 6) is -0.860. The molecular formula is C9H12KNO3. The van der Waals surface area contributed by atoms with Crippen LogP contribution in [0, 0.1) is 0 Å². The van der Waals surface area contributed by atoms with Crippen LogP contribution >= 0.6 is 0 Å². The van der Waals surface area contributed by atoms with E-state index in [0.717, 1.165) is 5.56 Å². The minimum atomic E-state index is -1.02. The standard InChI is InChI=1S/C9H11NO3.K.H/c10-8(9(12)13)5-6-1-3-7(11)4-2-6;;/h1-4,8,11H,5,10H2,(H,12,13);;. The number of hydrogen-bond acceptors (Lipinski definition) is 3. The third-order valence-corrected chi connectivity index (χ3v) is 1.71. The van der Waals surface area contributed by atoms with E-state index in [-0.39, 0.29) is 63.6 Å². The fraction of sp³-hybridized carbons (Fsp3) is 0.222. The summed E-state index contributed by atoms with van der Waals surface area (Å²) in [5.41, 5.74) is 6.12. The number of benzene rings is 1. The number of aromatic hydroxyl groups is 1. The molecule has 14 heavy (non-hydrogen) atoms. The molecule has 1 aromatic rings. The van der Waals surface area contributed by atoms with Crippen molar-refractivity contribution in [3.8, 4) is 5.75 Å². The Morgan fingerprint density at radius 1 is 1.36 bits per heavy atom. The molecule has 5 heteroatoms. The number of carboxylic acid groups (broad SMARTS) is 1. The molecule has 0 fully saturated rings. The van der Waals surface area contributed by atoms with Crippen molar-refractivity contribution < 1.29 is 15.0 Å². The molecule has 1 unspecified atom stereocenters. The van der Waals surface area contributed by atoms with Gasteiger partial charge < -0.3 is 15.9 Å². The molecule has 1 atom stereocenters. The van der Waals surface area contributed by atoms with Crippen LogP contribution in [0.1, 0.15) is 5.56 Å². The van der Waals surface area contributed by atoms with E-state index < -0.39 is 12.0 Å². The molecule has 0 saturated carbocycles. The summed E-state index contributed by atoms with van der Waals surface area (Å²) >= 11 is 0. The molecule has 1 rings (SSSR count). The number of carbonyl (C=O) groups is 1. The van der Waals surface area contributed by atoms with Crippen molar-refractivity contribution in [2.75, 3.05) is 0 Å². The summed E-state index contributed by atoms with van der Waals surface area (Å²) < 4.78 is 0. The van der Waals surface area contributed by atoms with Gasteiger partial charge in [-0.2, -0.15) is 0 Å². The van der Waals surface area contributed by atoms with Crippen LogP contribution < -0.4 is 5.73 Å². The quantitative estimate of drug-likeness (QED) is 0.612. The maximum atomic E-state index is 10.4. The van der Waals surface area contributed by atoms with E-state index in [4.69, 9.17) is 15.9 Å². The van der Waals surface area contributed by atoms with Gasteiger partial charge in [0.25, 0.3) is 0 Å². The van der Waals surface area contributed by atoms with Gasteiger partial charge in [0.2, 0.25) is 0 Å². The van der Waals surface area contributed by atoms with Crippen molar-refractivity contribution in [1.82, 2.24) is 0 Å². The van der Waals surface area contributed by atoms with Crippen molar-refractivity contribution in [1.29, 1.82) is 0 Å². The van der Waals surface area contributed by atoms with Gasteiger partial charge in [-0.3, -0.25) is 4.79 Å². The molecule has 0 radical (unpaired) electrons. The predicted octanol–water partition coefficient (Wildman–Crippen LogP) is -0.302. The van der Waals surface area contributed by atoms with Gasteiger partial charge in [0.1, 0.15) is 11.8 Å². The van der Waals surface area contributed by atoms with Crippen LogP contribution in [0.15, 0.2) is 24.3 Å². The predicted molar refractivity (Wildman–Crippen MR) is 54.6 cm³/mol. The summed E-state index contributed by atoms with van der Waals surface area (Å²) in [6.07, 6.45) is 0.273. The zero-order valence-electron chi connectivity index (χ0n) is 6.97. The third kappa shape index (κ3) is 4.54. The average molecular weight is 221 g/mol. The van der Waals surface area contributed by atoms with E-state index >= 15 is 0 Å². The second-order valence-corrected chi connectivity index (χ2v) is 2.82. The van der Waals surface area contributed by atoms with E-state index in [2.05, 4.69) is 0 Å². The molecule has 0 aliphatic carbocycles. The Kier molecular flexibility index (Phi) is 6.59. The zero-order chi connectivity index (χ0) is 9.84. The Morgan fingerprint density at radius 3 is 2.29 bits per heavy atom. The van der Waals surface area contributed by atoms with Gasteiger partial charge in [0.05, 0.1) is 0 Å². The summed E-state index contributed by atoms with van der Waals surface area (Å²) in [6.45, 7) is 0. The number of phenolic OH excluding ortho intramolecular Hbond substituents is 1. The monoisotopic (exact) mass is 221 g/mol. The normalized spacial score (nSPS) is 11.5. The van der Waals surface area contributed by atoms with Gasteiger partial charge >= 0.3 is 57.4 Å². The first-order chi connectivity index (χ1) is 6.09. The van der Waals surface area contributed by atoms with Crippen LogP contribution in [0.3, 0.4) is 0 Å². The van der Waals surface area contributed by atoms with Crippen molar-refractivity contribution in [3.63, 3.8) is 0 Å². The maximum absolute atomic E-state index is 10.4. The Hall–Kier alpha value is 0.0864. The van der Waals surface area contributed by atoms with E-state index in [1.54, 1.807) is 12.1 Å². The number of phenols is 1. The number of rotatable bonds is 3. The summed E-state index contributed by atoms with van der Waals surface area (Å²) in [7, 11) is 0. The molecule has 0 saturated heterocycles. The molecule has 0 aromatic heterocycles. The molecule has 0 amide bonds. The van der Waals surface area contributed by atoms with Crippen LogP contribution in [0.2, 0.25) is 0 Å². The Labute approximate surface area is 125 Å². The first kappa shape index (κ1) is 14.1. The van der Waals surface area contributed by atoms with Crippen LogP contribution in [0.4, 0.5) is 0 Å². The third-order valence-electron chi connectivity index (χ3n) is 1.71. The van der Waals surface area contributed by atoms with Crippen LogP contribution in [-0.2, 0) is 11.2 Å². The summed E-state index contributed by atoms with van der Waals surface area (Å²) in [6, 6.07) is 5.42. The van der Waals surface area contributed by atoms with E-state index in [0.29, 0.717) is 0 Å². The van der Waals surface area contributed by atoms with Crippen molar-refractivity contribution >= 4 is 57.4 Å². The first-order valence-electron chi connectivity index (χ1n) is 3.86. The molecule has 0 aliphatic heterocycles. The number of hydrogen-bond donors (Lipinski definition) is 3. The van der Waals surface area contributed by atoms with Crippen LogP contribution in [-0.4, -0.2) is 73.6 Å². The topological polar surface area (TPSA) is 83.5 Å². The number of carboxylic acids is 1. The average Bonchev–Trinajstić information content (AvgIpc) is 2.08. The van der Waals surface area contributed by atoms with Crippen molar-refractivity contribution in [2.24, 2.45) is 5.73 Å². The molecule has 0 aliphatic rings. The van der Waals surface area contributed by atoms with Gasteiger partial charge in [0, 0.05) is 0 Å². The van der Waals surface area contributed by atoms with Gasteiger partial charge in [-0.15, -0.1) is 0 Å².